The third-order valence-electron chi connectivity index (χ3n) is 7.53. The molecular weight excluding hydrogens is 512 g/mol. The van der Waals surface area contributed by atoms with Gasteiger partial charge in [-0.25, -0.2) is 4.85 Å². The summed E-state index contributed by atoms with van der Waals surface area (Å²) in [6.07, 6.45) is 3.57. The number of rotatable bonds is 10. The van der Waals surface area contributed by atoms with E-state index >= 15 is 0 Å². The molecule has 202 valence electrons. The van der Waals surface area contributed by atoms with E-state index in [9.17, 15) is 14.9 Å². The van der Waals surface area contributed by atoms with Crippen LogP contribution in [-0.4, -0.2) is 32.0 Å². The molecular formula is C33H28N6O2. The lowest BCUT2D eigenvalue weighted by Gasteiger charge is -2.11. The van der Waals surface area contributed by atoms with Crippen LogP contribution < -0.4 is 0 Å². The number of para-hydroxylation sites is 1. The molecule has 2 aromatic carbocycles. The van der Waals surface area contributed by atoms with E-state index in [4.69, 9.17) is 6.57 Å². The van der Waals surface area contributed by atoms with Gasteiger partial charge in [0.25, 0.3) is 0 Å². The van der Waals surface area contributed by atoms with E-state index < -0.39 is 0 Å². The second-order valence-corrected chi connectivity index (χ2v) is 10.4. The van der Waals surface area contributed by atoms with Gasteiger partial charge in [-0.1, -0.05) is 42.5 Å². The molecule has 0 bridgehead atoms. The summed E-state index contributed by atoms with van der Waals surface area (Å²) in [7, 11) is 0. The van der Waals surface area contributed by atoms with Crippen LogP contribution >= 0.6 is 0 Å². The van der Waals surface area contributed by atoms with Gasteiger partial charge in [-0.15, -0.1) is 0 Å². The topological polar surface area (TPSA) is 114 Å². The molecule has 2 atom stereocenters. The minimum absolute atomic E-state index is 0.000199. The molecule has 8 heteroatoms. The lowest BCUT2D eigenvalue weighted by Crippen LogP contribution is -2.10. The summed E-state index contributed by atoms with van der Waals surface area (Å²) >= 11 is 0. The molecule has 2 unspecified atom stereocenters. The van der Waals surface area contributed by atoms with Gasteiger partial charge in [0.05, 0.1) is 53.8 Å². The van der Waals surface area contributed by atoms with Crippen molar-refractivity contribution < 1.29 is 9.59 Å². The quantitative estimate of drug-likeness (QED) is 0.246. The number of carbonyl (C=O) groups is 2. The maximum atomic E-state index is 12.6. The zero-order chi connectivity index (χ0) is 28.6. The number of benzene rings is 2. The number of hydrogen-bond donors (Lipinski definition) is 0. The third kappa shape index (κ3) is 6.93. The fourth-order valence-electron chi connectivity index (χ4n) is 5.39. The Morgan fingerprint density at radius 3 is 1.80 bits per heavy atom. The zero-order valence-electron chi connectivity index (χ0n) is 22.5. The van der Waals surface area contributed by atoms with Gasteiger partial charge in [0, 0.05) is 24.7 Å². The molecule has 1 aliphatic carbocycles. The first kappa shape index (κ1) is 27.5. The van der Waals surface area contributed by atoms with Crippen LogP contribution in [0.2, 0.25) is 0 Å². The van der Waals surface area contributed by atoms with E-state index in [1.54, 1.807) is 30.3 Å². The van der Waals surface area contributed by atoms with Gasteiger partial charge in [-0.2, -0.15) is 25.7 Å². The number of nitrogens with zero attached hydrogens (tertiary/aromatic N) is 6. The largest absolute Gasteiger partial charge is 0.299 e. The molecule has 0 amide bonds. The Labute approximate surface area is 238 Å². The van der Waals surface area contributed by atoms with E-state index in [2.05, 4.69) is 31.3 Å². The smallest absolute Gasteiger partial charge is 0.190 e. The summed E-state index contributed by atoms with van der Waals surface area (Å²) in [6.45, 7) is 7.27. The molecule has 41 heavy (non-hydrogen) atoms. The summed E-state index contributed by atoms with van der Waals surface area (Å²) in [5.74, 6) is 0.503. The average Bonchev–Trinajstić information content (AvgIpc) is 3.49. The number of Topliss-reactive ketones (excluding diaryl/α,β-unsaturated/α-hetero) is 2. The van der Waals surface area contributed by atoms with E-state index in [1.165, 1.54) is 0 Å². The molecule has 4 aromatic rings. The number of ketones is 2. The van der Waals surface area contributed by atoms with E-state index in [1.807, 2.05) is 42.5 Å². The lowest BCUT2D eigenvalue weighted by atomic mass is 9.98. The molecule has 1 saturated carbocycles. The summed E-state index contributed by atoms with van der Waals surface area (Å²) in [4.78, 5) is 28.6. The second kappa shape index (κ2) is 12.8. The maximum absolute atomic E-state index is 12.6. The summed E-state index contributed by atoms with van der Waals surface area (Å²) in [6, 6.07) is 24.1. The molecule has 8 nitrogen and oxygen atoms in total. The SMILES string of the molecule is [C-]#[N+]c1ccccc1CC(=O)Cc1ccc(C2CCC(c3ccc(CC(=O)Cc4ccccc4C#N)nn3)C2)nn1. The average molecular weight is 541 g/mol. The van der Waals surface area contributed by atoms with Crippen molar-refractivity contribution in [1.82, 2.24) is 20.4 Å². The first-order valence-electron chi connectivity index (χ1n) is 13.6. The summed E-state index contributed by atoms with van der Waals surface area (Å²) < 4.78 is 0. The molecule has 0 N–H and O–H groups in total. The van der Waals surface area contributed by atoms with Crippen LogP contribution in [0.5, 0.6) is 0 Å². The highest BCUT2D eigenvalue weighted by Gasteiger charge is 2.29. The van der Waals surface area contributed by atoms with E-state index in [-0.39, 0.29) is 49.1 Å². The van der Waals surface area contributed by atoms with Crippen LogP contribution in [0.25, 0.3) is 4.85 Å². The Kier molecular flexibility index (Phi) is 8.61. The predicted molar refractivity (Wildman–Crippen MR) is 152 cm³/mol. The lowest BCUT2D eigenvalue weighted by molar-refractivity contribution is -0.118. The molecule has 5 rings (SSSR count). The van der Waals surface area contributed by atoms with Crippen molar-refractivity contribution in [1.29, 1.82) is 5.26 Å². The van der Waals surface area contributed by atoms with Crippen molar-refractivity contribution in [3.8, 4) is 6.07 Å². The minimum atomic E-state index is -0.00686. The van der Waals surface area contributed by atoms with Gasteiger partial charge in [0.2, 0.25) is 0 Å². The maximum Gasteiger partial charge on any atom is 0.190 e. The fourth-order valence-corrected chi connectivity index (χ4v) is 5.39. The van der Waals surface area contributed by atoms with Gasteiger partial charge in [0.1, 0.15) is 11.6 Å². The monoisotopic (exact) mass is 540 g/mol. The van der Waals surface area contributed by atoms with Crippen molar-refractivity contribution in [3.63, 3.8) is 0 Å². The van der Waals surface area contributed by atoms with Crippen molar-refractivity contribution in [2.24, 2.45) is 0 Å². The van der Waals surface area contributed by atoms with Crippen LogP contribution in [0, 0.1) is 17.9 Å². The highest BCUT2D eigenvalue weighted by molar-refractivity contribution is 5.84. The standard InChI is InChI=1S/C33H28N6O2/c1-35-31-9-5-4-7-23(31)18-30(41)20-28-13-15-33(39-37-28)25-11-10-24(16-25)32-14-12-27(36-38-32)19-29(40)17-22-6-2-3-8-26(22)21-34/h2-9,12-15,24-25H,10-11,16-20H2. The van der Waals surface area contributed by atoms with Crippen molar-refractivity contribution in [2.45, 2.75) is 56.8 Å². The van der Waals surface area contributed by atoms with Gasteiger partial charge >= 0.3 is 0 Å². The summed E-state index contributed by atoms with van der Waals surface area (Å²) in [5, 5.41) is 26.7. The second-order valence-electron chi connectivity index (χ2n) is 10.4. The molecule has 0 radical (unpaired) electrons. The van der Waals surface area contributed by atoms with Crippen LogP contribution in [-0.2, 0) is 35.3 Å². The van der Waals surface area contributed by atoms with Crippen LogP contribution in [0.1, 0.15) is 70.6 Å². The third-order valence-corrected chi connectivity index (χ3v) is 7.53. The Morgan fingerprint density at radius 1 is 0.732 bits per heavy atom. The van der Waals surface area contributed by atoms with Crippen LogP contribution in [0.4, 0.5) is 5.69 Å². The number of hydrogen-bond acceptors (Lipinski definition) is 7. The molecule has 0 aliphatic heterocycles. The highest BCUT2D eigenvalue weighted by atomic mass is 16.1. The number of carbonyl (C=O) groups excluding carboxylic acids is 2. The molecule has 0 saturated heterocycles. The van der Waals surface area contributed by atoms with Gasteiger partial charge < -0.3 is 0 Å². The van der Waals surface area contributed by atoms with Crippen LogP contribution in [0.3, 0.4) is 0 Å². The Bertz CT molecular complexity index is 1510. The van der Waals surface area contributed by atoms with Gasteiger partial charge in [-0.3, -0.25) is 9.59 Å². The normalized spacial score (nSPS) is 16.0. The van der Waals surface area contributed by atoms with Gasteiger partial charge in [-0.05, 0) is 60.7 Å². The van der Waals surface area contributed by atoms with Crippen LogP contribution in [0.15, 0.2) is 72.8 Å². The fraction of sp³-hybridized carbons (Fsp3) is 0.273. The summed E-state index contributed by atoms with van der Waals surface area (Å²) in [5.41, 5.74) is 5.55. The van der Waals surface area contributed by atoms with Crippen molar-refractivity contribution in [3.05, 3.63) is 124 Å². The first-order valence-corrected chi connectivity index (χ1v) is 13.6. The van der Waals surface area contributed by atoms with Crippen molar-refractivity contribution in [2.75, 3.05) is 0 Å². The Hall–Kier alpha value is -5.08. The van der Waals surface area contributed by atoms with E-state index in [0.717, 1.165) is 41.8 Å². The molecule has 1 fully saturated rings. The Balaban J connectivity index is 1.13. The predicted octanol–water partition coefficient (Wildman–Crippen LogP) is 5.45. The molecule has 0 spiro atoms. The van der Waals surface area contributed by atoms with Crippen molar-refractivity contribution >= 4 is 17.3 Å². The Morgan fingerprint density at radius 2 is 1.27 bits per heavy atom. The van der Waals surface area contributed by atoms with E-state index in [0.29, 0.717) is 22.6 Å². The van der Waals surface area contributed by atoms with Gasteiger partial charge in [0.15, 0.2) is 5.69 Å². The molecule has 1 aliphatic rings. The highest BCUT2D eigenvalue weighted by Crippen LogP contribution is 2.42. The number of nitriles is 1. The molecule has 2 aromatic heterocycles. The first-order chi connectivity index (χ1) is 20.0. The molecule has 2 heterocycles. The minimum Gasteiger partial charge on any atom is -0.299 e. The zero-order valence-corrected chi connectivity index (χ0v) is 22.5. The number of aromatic nitrogens is 4.